The van der Waals surface area contributed by atoms with Gasteiger partial charge in [-0.3, -0.25) is 9.59 Å². The second-order valence-electron chi connectivity index (χ2n) is 12.0. The number of ether oxygens (including phenoxy) is 1. The first kappa shape index (κ1) is 24.7. The quantitative estimate of drug-likeness (QED) is 0.0941. The lowest BCUT2D eigenvalue weighted by Gasteiger charge is -2.39. The van der Waals surface area contributed by atoms with E-state index in [0.717, 1.165) is 18.2 Å². The molecule has 1 aliphatic heterocycles. The van der Waals surface area contributed by atoms with Gasteiger partial charge in [0.2, 0.25) is 5.91 Å². The Kier molecular flexibility index (Phi) is 7.77. The number of methoxy groups -OCH3 is 1. The number of benzene rings is 4. The summed E-state index contributed by atoms with van der Waals surface area (Å²) in [5, 5.41) is -1.49. The molecule has 0 atom stereocenters. The molecule has 1 amide bonds. The second-order valence-corrected chi connectivity index (χ2v) is 13.0. The number of hydrogen-bond donors (Lipinski definition) is 0. The molecule has 0 bridgehead atoms. The molecule has 0 saturated carbocycles. The highest BCUT2D eigenvalue weighted by Crippen LogP contribution is 2.32. The van der Waals surface area contributed by atoms with Gasteiger partial charge >= 0.3 is 6.18 Å². The number of rotatable bonds is 12. The molecule has 0 spiro atoms. The Morgan fingerprint density at radius 3 is 2.40 bits per heavy atom. The number of halogens is 5. The van der Waals surface area contributed by atoms with E-state index in [4.69, 9.17) is 17.1 Å². The van der Waals surface area contributed by atoms with Crippen molar-refractivity contribution in [2.45, 2.75) is 55.8 Å². The Morgan fingerprint density at radius 1 is 1.02 bits per heavy atom. The Balaban J connectivity index is 1.51. The predicted molar refractivity (Wildman–Crippen MR) is 198 cm³/mol. The topological polar surface area (TPSA) is 54.8 Å². The van der Waals surface area contributed by atoms with Crippen molar-refractivity contribution in [3.63, 3.8) is 0 Å². The van der Waals surface area contributed by atoms with Crippen molar-refractivity contribution >= 4 is 28.6 Å². The Morgan fingerprint density at radius 2 is 1.72 bits per heavy atom. The zero-order chi connectivity index (χ0) is 49.1. The van der Waals surface area contributed by atoms with Crippen molar-refractivity contribution in [1.29, 1.82) is 0 Å². The van der Waals surface area contributed by atoms with Crippen molar-refractivity contribution in [3.05, 3.63) is 135 Å². The van der Waals surface area contributed by atoms with Crippen LogP contribution in [0.15, 0.2) is 101 Å². The Bertz CT molecular complexity index is 2710. The number of piperidine rings is 1. The van der Waals surface area contributed by atoms with E-state index in [2.05, 4.69) is 0 Å². The van der Waals surface area contributed by atoms with Gasteiger partial charge in [-0.15, -0.1) is 11.8 Å². The maximum absolute atomic E-state index is 15.3. The summed E-state index contributed by atoms with van der Waals surface area (Å²) in [7, 11) is -2.94. The third-order valence-corrected chi connectivity index (χ3v) is 9.50. The van der Waals surface area contributed by atoms with Crippen LogP contribution < -0.4 is 5.43 Å². The molecule has 0 N–H and O–H groups in total. The van der Waals surface area contributed by atoms with Gasteiger partial charge in [-0.1, -0.05) is 54.6 Å². The minimum atomic E-state index is -4.61. The van der Waals surface area contributed by atoms with Crippen molar-refractivity contribution in [1.82, 2.24) is 14.4 Å². The standard InChI is InChI=1S/C41H40F5N3O3S/c1-27-6-15-34-36(22-27)49(39(23-37(34)50)53-26-31-4-3-5-35(42)40(31)43)25-38(51)48(33-16-18-47(19-17-33)20-21-52-2)24-28-7-9-29(10-8-28)30-11-13-32(14-12-30)41(44,45)46/h3-15,22-23,33H,16-21,24-26H2,1-2H3/i2D3,6D,15D,20D2,22D,23D,24D2,25D2. The number of alkyl halides is 3. The smallest absolute Gasteiger partial charge is 0.383 e. The molecule has 0 unspecified atom stereocenters. The number of pyridine rings is 1. The van der Waals surface area contributed by atoms with Gasteiger partial charge in [-0.25, -0.2) is 8.78 Å². The molecule has 1 aromatic heterocycles. The van der Waals surface area contributed by atoms with Crippen molar-refractivity contribution in [2.75, 3.05) is 33.2 Å². The molecule has 1 saturated heterocycles. The Hall–Kier alpha value is -4.52. The SMILES string of the molecule is [2H]c1c(C)c([2H])c2c(c1[2H])c(=O)c([2H])c(SCc1cccc(F)c1F)n2C([2H])([2H])C(=O)N(C1CCN(C([2H])([2H])COC([2H])([2H])[2H])CC1)C([2H])([2H])c1ccc(-c2ccc(C(F)(F)F)cc2)cc1. The monoisotopic (exact) mass is 762 g/mol. The lowest BCUT2D eigenvalue weighted by atomic mass is 10.00. The molecular formula is C41H40F5N3O3S. The number of likely N-dealkylation sites (tertiary alicyclic amines) is 1. The number of fused-ring (bicyclic) bond motifs is 1. The molecule has 12 heteroatoms. The zero-order valence-corrected chi connectivity index (χ0v) is 28.9. The lowest BCUT2D eigenvalue weighted by molar-refractivity contribution is -0.137. The van der Waals surface area contributed by atoms with Crippen LogP contribution in [0.2, 0.25) is 0 Å². The molecule has 5 aromatic rings. The van der Waals surface area contributed by atoms with Crippen LogP contribution in [0, 0.1) is 18.6 Å². The first-order valence-electron chi connectivity index (χ1n) is 22.7. The van der Waals surface area contributed by atoms with Crippen LogP contribution in [0.25, 0.3) is 22.0 Å². The largest absolute Gasteiger partial charge is 0.416 e. The number of aromatic nitrogens is 1. The van der Waals surface area contributed by atoms with Crippen molar-refractivity contribution in [2.24, 2.45) is 0 Å². The van der Waals surface area contributed by atoms with Gasteiger partial charge in [0.25, 0.3) is 0 Å². The Labute approximate surface area is 327 Å². The van der Waals surface area contributed by atoms with Crippen LogP contribution in [-0.4, -0.2) is 59.5 Å². The van der Waals surface area contributed by atoms with E-state index in [-0.39, 0.29) is 42.6 Å². The molecule has 0 radical (unpaired) electrons. The fraction of sp³-hybridized carbons (Fsp3) is 0.317. The number of hydrogen-bond acceptors (Lipinski definition) is 5. The average molecular weight is 763 g/mol. The van der Waals surface area contributed by atoms with E-state index in [1.165, 1.54) is 60.4 Å². The van der Waals surface area contributed by atoms with Gasteiger partial charge in [0.05, 0.1) is 37.8 Å². The molecule has 0 aliphatic carbocycles. The average Bonchev–Trinajstić information content (AvgIpc) is 3.25. The summed E-state index contributed by atoms with van der Waals surface area (Å²) in [5.41, 5.74) is -3.04. The molecule has 2 heterocycles. The van der Waals surface area contributed by atoms with E-state index >= 15 is 4.79 Å². The molecule has 278 valence electrons. The van der Waals surface area contributed by atoms with Crippen molar-refractivity contribution in [3.8, 4) is 11.1 Å². The molecule has 4 aromatic carbocycles. The second kappa shape index (κ2) is 16.7. The van der Waals surface area contributed by atoms with Gasteiger partial charge in [-0.05, 0) is 72.3 Å². The van der Waals surface area contributed by atoms with Crippen LogP contribution in [0.1, 0.15) is 52.9 Å². The normalized spacial score (nSPS) is 18.8. The highest BCUT2D eigenvalue weighted by Gasteiger charge is 2.31. The maximum atomic E-state index is 15.3. The third kappa shape index (κ3) is 9.17. The van der Waals surface area contributed by atoms with E-state index in [0.29, 0.717) is 32.4 Å². The van der Waals surface area contributed by atoms with Gasteiger partial charge in [0.15, 0.2) is 17.1 Å². The van der Waals surface area contributed by atoms with Gasteiger partial charge in [0.1, 0.15) is 6.50 Å². The van der Waals surface area contributed by atoms with Crippen LogP contribution >= 0.6 is 11.8 Å². The molecular weight excluding hydrogens is 710 g/mol. The van der Waals surface area contributed by atoms with E-state index < -0.39 is 120 Å². The lowest BCUT2D eigenvalue weighted by Crippen LogP contribution is -2.48. The van der Waals surface area contributed by atoms with Gasteiger partial charge in [-0.2, -0.15) is 13.2 Å². The number of nitrogens with zero attached hydrogens (tertiary/aromatic N) is 3. The van der Waals surface area contributed by atoms with Crippen LogP contribution in [0.3, 0.4) is 0 Å². The van der Waals surface area contributed by atoms with Crippen LogP contribution in [-0.2, 0) is 34.5 Å². The highest BCUT2D eigenvalue weighted by atomic mass is 32.2. The fourth-order valence-electron chi connectivity index (χ4n) is 5.74. The molecule has 1 fully saturated rings. The summed E-state index contributed by atoms with van der Waals surface area (Å²) >= 11 is 0.420. The minimum Gasteiger partial charge on any atom is -0.383 e. The summed E-state index contributed by atoms with van der Waals surface area (Å²) in [6, 6.07) is 8.02. The summed E-state index contributed by atoms with van der Waals surface area (Å²) in [5.74, 6) is -4.80. The van der Waals surface area contributed by atoms with Gasteiger partial charge < -0.3 is 19.1 Å². The molecule has 1 aliphatic rings. The molecule has 53 heavy (non-hydrogen) atoms. The first-order valence-corrected chi connectivity index (χ1v) is 17.2. The highest BCUT2D eigenvalue weighted by molar-refractivity contribution is 7.98. The number of carbonyl (C=O) groups excluding carboxylic acids is 1. The number of amides is 1. The summed E-state index contributed by atoms with van der Waals surface area (Å²) in [6.07, 6.45) is -5.12. The predicted octanol–water partition coefficient (Wildman–Crippen LogP) is 8.71. The first-order chi connectivity index (χ1) is 30.5. The number of thioether (sulfide) groups is 1. The summed E-state index contributed by atoms with van der Waals surface area (Å²) in [6.45, 7) is -9.16. The molecule has 6 nitrogen and oxygen atoms in total. The number of carbonyl (C=O) groups is 1. The van der Waals surface area contributed by atoms with Crippen LogP contribution in [0.5, 0.6) is 0 Å². The minimum absolute atomic E-state index is 0.238. The fourth-order valence-corrected chi connectivity index (χ4v) is 6.69. The zero-order valence-electron chi connectivity index (χ0n) is 41.0. The summed E-state index contributed by atoms with van der Waals surface area (Å²) < 4.78 is 186. The van der Waals surface area contributed by atoms with E-state index in [1.807, 2.05) is 0 Å². The summed E-state index contributed by atoms with van der Waals surface area (Å²) in [4.78, 5) is 30.9. The van der Waals surface area contributed by atoms with Crippen molar-refractivity contribution < 1.29 is 49.3 Å². The third-order valence-electron chi connectivity index (χ3n) is 8.48. The van der Waals surface area contributed by atoms with E-state index in [1.54, 1.807) is 0 Å². The van der Waals surface area contributed by atoms with Gasteiger partial charge in [0, 0.05) is 64.6 Å². The maximum Gasteiger partial charge on any atom is 0.416 e. The molecule has 6 rings (SSSR count). The van der Waals surface area contributed by atoms with E-state index in [9.17, 15) is 32.2 Å². The van der Waals surface area contributed by atoms with Crippen LogP contribution in [0.4, 0.5) is 22.0 Å².